The molecular weight excluding hydrogens is 154 g/mol. The monoisotopic (exact) mass is 169 g/mol. The Labute approximate surface area is 72.9 Å². The van der Waals surface area contributed by atoms with Crippen molar-refractivity contribution in [3.8, 4) is 6.07 Å². The van der Waals surface area contributed by atoms with Crippen LogP contribution in [0.2, 0.25) is 0 Å². The molecule has 1 aliphatic heterocycles. The number of nitrogens with two attached hydrogens (primary N) is 1. The van der Waals surface area contributed by atoms with Crippen molar-refractivity contribution in [1.82, 2.24) is 4.90 Å². The van der Waals surface area contributed by atoms with Crippen molar-refractivity contribution in [2.45, 2.75) is 12.5 Å². The van der Waals surface area contributed by atoms with E-state index in [2.05, 4.69) is 11.0 Å². The molecule has 0 aromatic rings. The molecular formula is C8H15N3O. The summed E-state index contributed by atoms with van der Waals surface area (Å²) in [5, 5.41) is 8.39. The van der Waals surface area contributed by atoms with Crippen molar-refractivity contribution in [1.29, 1.82) is 5.26 Å². The highest BCUT2D eigenvalue weighted by molar-refractivity contribution is 4.76. The Hall–Kier alpha value is -0.630. The molecule has 1 saturated heterocycles. The summed E-state index contributed by atoms with van der Waals surface area (Å²) >= 11 is 0. The van der Waals surface area contributed by atoms with Crippen LogP contribution in [-0.2, 0) is 4.74 Å². The van der Waals surface area contributed by atoms with E-state index in [4.69, 9.17) is 15.7 Å². The molecule has 68 valence electrons. The van der Waals surface area contributed by atoms with Gasteiger partial charge in [0, 0.05) is 32.6 Å². The molecule has 0 amide bonds. The third kappa shape index (κ3) is 2.78. The van der Waals surface area contributed by atoms with Crippen LogP contribution in [-0.4, -0.2) is 43.8 Å². The van der Waals surface area contributed by atoms with Crippen LogP contribution in [0.25, 0.3) is 0 Å². The minimum atomic E-state index is 0.164. The molecule has 1 aliphatic rings. The lowest BCUT2D eigenvalue weighted by atomic mass is 10.2. The molecule has 0 aromatic heterocycles. The number of ether oxygens (including phenoxy) is 1. The molecule has 1 heterocycles. The third-order valence-corrected chi connectivity index (χ3v) is 2.03. The van der Waals surface area contributed by atoms with Crippen molar-refractivity contribution in [3.05, 3.63) is 0 Å². The van der Waals surface area contributed by atoms with Crippen LogP contribution < -0.4 is 5.73 Å². The molecule has 1 atom stereocenters. The van der Waals surface area contributed by atoms with E-state index in [1.165, 1.54) is 0 Å². The maximum Gasteiger partial charge on any atom is 0.0824 e. The Morgan fingerprint density at radius 3 is 3.17 bits per heavy atom. The number of morpholine rings is 1. The Morgan fingerprint density at radius 1 is 1.67 bits per heavy atom. The van der Waals surface area contributed by atoms with E-state index in [1.807, 2.05) is 0 Å². The zero-order chi connectivity index (χ0) is 8.81. The maximum absolute atomic E-state index is 8.39. The summed E-state index contributed by atoms with van der Waals surface area (Å²) in [6.07, 6.45) is 0.759. The number of nitriles is 1. The number of hydrogen-bond donors (Lipinski definition) is 1. The molecule has 1 unspecified atom stereocenters. The Balaban J connectivity index is 2.22. The minimum Gasteiger partial charge on any atom is -0.374 e. The first-order valence-corrected chi connectivity index (χ1v) is 4.27. The Bertz CT molecular complexity index is 166. The minimum absolute atomic E-state index is 0.164. The summed E-state index contributed by atoms with van der Waals surface area (Å²) < 4.78 is 5.39. The fourth-order valence-electron chi connectivity index (χ4n) is 1.33. The van der Waals surface area contributed by atoms with Crippen molar-refractivity contribution >= 4 is 0 Å². The zero-order valence-corrected chi connectivity index (χ0v) is 7.20. The molecule has 0 bridgehead atoms. The smallest absolute Gasteiger partial charge is 0.0824 e. The van der Waals surface area contributed by atoms with Gasteiger partial charge >= 0.3 is 0 Å². The van der Waals surface area contributed by atoms with Crippen molar-refractivity contribution < 1.29 is 4.74 Å². The third-order valence-electron chi connectivity index (χ3n) is 2.03. The second kappa shape index (κ2) is 5.09. The largest absolute Gasteiger partial charge is 0.374 e. The van der Waals surface area contributed by atoms with E-state index < -0.39 is 0 Å². The standard InChI is InChI=1S/C8H15N3O/c9-2-1-3-11-4-5-12-8(6-10)7-11/h8H,1,3-7,10H2. The van der Waals surface area contributed by atoms with Gasteiger partial charge in [0.25, 0.3) is 0 Å². The fraction of sp³-hybridized carbons (Fsp3) is 0.875. The highest BCUT2D eigenvalue weighted by atomic mass is 16.5. The molecule has 0 aliphatic carbocycles. The Morgan fingerprint density at radius 2 is 2.50 bits per heavy atom. The van der Waals surface area contributed by atoms with Crippen LogP contribution in [0, 0.1) is 11.3 Å². The van der Waals surface area contributed by atoms with Gasteiger partial charge < -0.3 is 10.5 Å². The summed E-state index contributed by atoms with van der Waals surface area (Å²) in [6, 6.07) is 2.13. The van der Waals surface area contributed by atoms with Gasteiger partial charge in [-0.15, -0.1) is 0 Å². The van der Waals surface area contributed by atoms with Crippen LogP contribution >= 0.6 is 0 Å². The van der Waals surface area contributed by atoms with Gasteiger partial charge in [-0.05, 0) is 0 Å². The van der Waals surface area contributed by atoms with E-state index in [9.17, 15) is 0 Å². The topological polar surface area (TPSA) is 62.3 Å². The van der Waals surface area contributed by atoms with Gasteiger partial charge in [-0.25, -0.2) is 0 Å². The first kappa shape index (κ1) is 9.46. The lowest BCUT2D eigenvalue weighted by Crippen LogP contribution is -2.45. The SMILES string of the molecule is N#CCCN1CCOC(CN)C1. The molecule has 12 heavy (non-hydrogen) atoms. The molecule has 4 nitrogen and oxygen atoms in total. The summed E-state index contributed by atoms with van der Waals surface area (Å²) in [5.74, 6) is 0. The summed E-state index contributed by atoms with van der Waals surface area (Å²) in [6.45, 7) is 3.96. The van der Waals surface area contributed by atoms with E-state index in [-0.39, 0.29) is 6.10 Å². The lowest BCUT2D eigenvalue weighted by molar-refractivity contribution is -0.0223. The molecule has 0 spiro atoms. The molecule has 0 saturated carbocycles. The molecule has 1 fully saturated rings. The van der Waals surface area contributed by atoms with Crippen molar-refractivity contribution in [2.75, 3.05) is 32.8 Å². The second-order valence-corrected chi connectivity index (χ2v) is 2.94. The first-order chi connectivity index (χ1) is 5.86. The molecule has 0 aromatic carbocycles. The van der Waals surface area contributed by atoms with Gasteiger partial charge in [0.2, 0.25) is 0 Å². The number of nitrogens with zero attached hydrogens (tertiary/aromatic N) is 2. The first-order valence-electron chi connectivity index (χ1n) is 4.27. The molecule has 0 radical (unpaired) electrons. The fourth-order valence-corrected chi connectivity index (χ4v) is 1.33. The Kier molecular flexibility index (Phi) is 4.01. The van der Waals surface area contributed by atoms with Crippen LogP contribution in [0.15, 0.2) is 0 Å². The molecule has 2 N–H and O–H groups in total. The van der Waals surface area contributed by atoms with Gasteiger partial charge in [-0.3, -0.25) is 4.90 Å². The van der Waals surface area contributed by atoms with Gasteiger partial charge in [-0.2, -0.15) is 5.26 Å². The predicted molar refractivity (Wildman–Crippen MR) is 45.5 cm³/mol. The van der Waals surface area contributed by atoms with E-state index in [0.717, 1.165) is 26.2 Å². The summed E-state index contributed by atoms with van der Waals surface area (Å²) in [7, 11) is 0. The van der Waals surface area contributed by atoms with Crippen LogP contribution in [0.3, 0.4) is 0 Å². The van der Waals surface area contributed by atoms with Crippen molar-refractivity contribution in [3.63, 3.8) is 0 Å². The van der Waals surface area contributed by atoms with Gasteiger partial charge in [0.05, 0.1) is 18.8 Å². The lowest BCUT2D eigenvalue weighted by Gasteiger charge is -2.31. The average Bonchev–Trinajstić information content (AvgIpc) is 2.15. The number of rotatable bonds is 3. The summed E-state index contributed by atoms with van der Waals surface area (Å²) in [5.41, 5.74) is 5.48. The van der Waals surface area contributed by atoms with Gasteiger partial charge in [0.1, 0.15) is 0 Å². The van der Waals surface area contributed by atoms with E-state index >= 15 is 0 Å². The molecule has 1 rings (SSSR count). The maximum atomic E-state index is 8.39. The second-order valence-electron chi connectivity index (χ2n) is 2.94. The highest BCUT2D eigenvalue weighted by Gasteiger charge is 2.17. The van der Waals surface area contributed by atoms with Gasteiger partial charge in [0.15, 0.2) is 0 Å². The van der Waals surface area contributed by atoms with Gasteiger partial charge in [-0.1, -0.05) is 0 Å². The average molecular weight is 169 g/mol. The normalized spacial score (nSPS) is 25.2. The van der Waals surface area contributed by atoms with Crippen LogP contribution in [0.5, 0.6) is 0 Å². The van der Waals surface area contributed by atoms with Crippen LogP contribution in [0.1, 0.15) is 6.42 Å². The summed E-state index contributed by atoms with van der Waals surface area (Å²) in [4.78, 5) is 2.23. The highest BCUT2D eigenvalue weighted by Crippen LogP contribution is 2.03. The van der Waals surface area contributed by atoms with Crippen molar-refractivity contribution in [2.24, 2.45) is 5.73 Å². The zero-order valence-electron chi connectivity index (χ0n) is 7.20. The number of hydrogen-bond acceptors (Lipinski definition) is 4. The quantitative estimate of drug-likeness (QED) is 0.622. The molecule has 4 heteroatoms. The van der Waals surface area contributed by atoms with E-state index in [0.29, 0.717) is 13.0 Å². The van der Waals surface area contributed by atoms with Crippen LogP contribution in [0.4, 0.5) is 0 Å². The van der Waals surface area contributed by atoms with E-state index in [1.54, 1.807) is 0 Å². The predicted octanol–water partition coefficient (Wildman–Crippen LogP) is -0.440.